The Morgan fingerprint density at radius 1 is 1.46 bits per heavy atom. The van der Waals surface area contributed by atoms with Gasteiger partial charge in [-0.2, -0.15) is 0 Å². The number of amides is 1. The Balaban J connectivity index is 1.99. The van der Waals surface area contributed by atoms with Gasteiger partial charge in [-0.25, -0.2) is 14.9 Å². The summed E-state index contributed by atoms with van der Waals surface area (Å²) in [6.07, 6.45) is 3.26. The minimum absolute atomic E-state index is 0.0795. The lowest BCUT2D eigenvalue weighted by Crippen LogP contribution is -2.19. The Morgan fingerprint density at radius 2 is 2.21 bits per heavy atom. The molecule has 2 aromatic rings. The van der Waals surface area contributed by atoms with Gasteiger partial charge >= 0.3 is 5.69 Å². The largest absolute Gasteiger partial charge is 0.343 e. The molecule has 2 rings (SSSR count). The van der Waals surface area contributed by atoms with Gasteiger partial charge in [-0.15, -0.1) is 5.10 Å². The highest BCUT2D eigenvalue weighted by Crippen LogP contribution is 2.28. The summed E-state index contributed by atoms with van der Waals surface area (Å²) >= 11 is 13.2. The first-order chi connectivity index (χ1) is 11.4. The molecule has 0 saturated heterocycles. The molecule has 2 aromatic heterocycles. The fourth-order valence-corrected chi connectivity index (χ4v) is 3.03. The van der Waals surface area contributed by atoms with Crippen LogP contribution in [-0.4, -0.2) is 31.4 Å². The lowest BCUT2D eigenvalue weighted by molar-refractivity contribution is -0.113. The van der Waals surface area contributed by atoms with Crippen molar-refractivity contribution in [2.75, 3.05) is 11.1 Å². The van der Waals surface area contributed by atoms with Crippen molar-refractivity contribution in [3.05, 3.63) is 32.3 Å². The van der Waals surface area contributed by atoms with E-state index in [0.717, 1.165) is 12.8 Å². The number of halogens is 2. The second kappa shape index (κ2) is 8.55. The van der Waals surface area contributed by atoms with Crippen LogP contribution >= 0.6 is 35.0 Å². The molecular weight excluding hydrogens is 373 g/mol. The minimum Gasteiger partial charge on any atom is -0.309 e. The third kappa shape index (κ3) is 4.52. The van der Waals surface area contributed by atoms with Crippen molar-refractivity contribution in [1.29, 1.82) is 0 Å². The third-order valence-corrected chi connectivity index (χ3v) is 5.07. The van der Waals surface area contributed by atoms with Crippen molar-refractivity contribution >= 4 is 46.7 Å². The maximum atomic E-state index is 12.1. The van der Waals surface area contributed by atoms with E-state index in [9.17, 15) is 9.59 Å². The number of unbranched alkanes of at least 4 members (excludes halogenated alkanes) is 1. The first kappa shape index (κ1) is 18.8. The van der Waals surface area contributed by atoms with Crippen molar-refractivity contribution in [1.82, 2.24) is 19.7 Å². The molecule has 1 amide bonds. The van der Waals surface area contributed by atoms with Gasteiger partial charge in [-0.1, -0.05) is 48.3 Å². The van der Waals surface area contributed by atoms with E-state index in [4.69, 9.17) is 23.2 Å². The number of thioether (sulfide) groups is 1. The van der Waals surface area contributed by atoms with Gasteiger partial charge in [0, 0.05) is 12.7 Å². The molecule has 0 aliphatic heterocycles. The topological polar surface area (TPSA) is 92.7 Å². The molecule has 24 heavy (non-hydrogen) atoms. The van der Waals surface area contributed by atoms with E-state index in [1.165, 1.54) is 22.5 Å². The number of aromatic amines is 1. The Labute approximate surface area is 153 Å². The molecule has 0 bridgehead atoms. The van der Waals surface area contributed by atoms with Crippen molar-refractivity contribution in [2.24, 2.45) is 0 Å². The van der Waals surface area contributed by atoms with Gasteiger partial charge in [0.15, 0.2) is 11.0 Å². The van der Waals surface area contributed by atoms with Crippen LogP contribution in [0.2, 0.25) is 10.0 Å². The smallest absolute Gasteiger partial charge is 0.309 e. The van der Waals surface area contributed by atoms with Crippen LogP contribution in [0.5, 0.6) is 0 Å². The molecule has 0 radical (unpaired) electrons. The van der Waals surface area contributed by atoms with E-state index in [-0.39, 0.29) is 23.2 Å². The van der Waals surface area contributed by atoms with E-state index in [0.29, 0.717) is 27.3 Å². The van der Waals surface area contributed by atoms with Crippen LogP contribution in [0.4, 0.5) is 5.82 Å². The Bertz CT molecular complexity index is 790. The van der Waals surface area contributed by atoms with Gasteiger partial charge in [0.05, 0.1) is 15.8 Å². The molecule has 0 aliphatic rings. The first-order valence-corrected chi connectivity index (χ1v) is 9.06. The summed E-state index contributed by atoms with van der Waals surface area (Å²) in [5.41, 5.74) is 0.376. The molecule has 0 saturated carbocycles. The summed E-state index contributed by atoms with van der Waals surface area (Å²) in [4.78, 5) is 27.8. The summed E-state index contributed by atoms with van der Waals surface area (Å²) in [5.74, 6) is 0.0407. The van der Waals surface area contributed by atoms with Crippen molar-refractivity contribution in [2.45, 2.75) is 38.4 Å². The van der Waals surface area contributed by atoms with E-state index >= 15 is 0 Å². The number of anilines is 1. The maximum absolute atomic E-state index is 12.1. The van der Waals surface area contributed by atoms with Crippen LogP contribution < -0.4 is 11.0 Å². The number of carbonyl (C=O) groups is 1. The highest BCUT2D eigenvalue weighted by Gasteiger charge is 2.14. The first-order valence-electron chi connectivity index (χ1n) is 7.32. The Hall–Kier alpha value is -1.51. The normalized spacial score (nSPS) is 10.8. The number of carbonyl (C=O) groups excluding carboxylic acids is 1. The molecule has 0 aromatic carbocycles. The van der Waals surface area contributed by atoms with Gasteiger partial charge in [0.2, 0.25) is 5.91 Å². The number of pyridine rings is 1. The van der Waals surface area contributed by atoms with Gasteiger partial charge in [0.25, 0.3) is 0 Å². The second-order valence-electron chi connectivity index (χ2n) is 5.05. The van der Waals surface area contributed by atoms with Gasteiger partial charge in [-0.05, 0) is 18.9 Å². The van der Waals surface area contributed by atoms with Gasteiger partial charge in [0.1, 0.15) is 0 Å². The van der Waals surface area contributed by atoms with Crippen LogP contribution in [-0.2, 0) is 11.3 Å². The van der Waals surface area contributed by atoms with Gasteiger partial charge in [-0.3, -0.25) is 9.36 Å². The van der Waals surface area contributed by atoms with Crippen molar-refractivity contribution in [3.63, 3.8) is 0 Å². The SMILES string of the molecule is CCCCn1c(SCC(=O)Nc2ncc(Cl)c(C)c2Cl)n[nH]c1=O. The highest BCUT2D eigenvalue weighted by atomic mass is 35.5. The van der Waals surface area contributed by atoms with Crippen LogP contribution in [0.25, 0.3) is 0 Å². The van der Waals surface area contributed by atoms with E-state index < -0.39 is 0 Å². The van der Waals surface area contributed by atoms with E-state index in [2.05, 4.69) is 20.5 Å². The minimum atomic E-state index is -0.298. The summed E-state index contributed by atoms with van der Waals surface area (Å²) < 4.78 is 1.53. The molecule has 10 heteroatoms. The molecule has 0 unspecified atom stereocenters. The number of H-pyrrole nitrogens is 1. The standard InChI is InChI=1S/C14H17Cl2N5O2S/c1-3-4-5-21-13(23)19-20-14(21)24-7-10(22)18-12-11(16)8(2)9(15)6-17-12/h6H,3-5,7H2,1-2H3,(H,19,23)(H,17,18,22). The molecule has 0 spiro atoms. The average molecular weight is 390 g/mol. The fourth-order valence-electron chi connectivity index (χ4n) is 1.87. The molecular formula is C14H17Cl2N5O2S. The number of nitrogens with one attached hydrogen (secondary N) is 2. The number of hydrogen-bond acceptors (Lipinski definition) is 5. The molecule has 0 aliphatic carbocycles. The molecule has 0 atom stereocenters. The quantitative estimate of drug-likeness (QED) is 0.709. The second-order valence-corrected chi connectivity index (χ2v) is 6.77. The Morgan fingerprint density at radius 3 is 2.92 bits per heavy atom. The van der Waals surface area contributed by atoms with Crippen LogP contribution in [0.3, 0.4) is 0 Å². The predicted octanol–water partition coefficient (Wildman–Crippen LogP) is 3.11. The number of nitrogens with zero attached hydrogens (tertiary/aromatic N) is 3. The molecule has 0 fully saturated rings. The van der Waals surface area contributed by atoms with Crippen LogP contribution in [0.15, 0.2) is 16.1 Å². The lowest BCUT2D eigenvalue weighted by atomic mass is 10.3. The van der Waals surface area contributed by atoms with E-state index in [1.54, 1.807) is 6.92 Å². The van der Waals surface area contributed by atoms with Crippen molar-refractivity contribution in [3.8, 4) is 0 Å². The monoisotopic (exact) mass is 389 g/mol. The molecule has 130 valence electrons. The molecule has 2 N–H and O–H groups in total. The summed E-state index contributed by atoms with van der Waals surface area (Å²) in [7, 11) is 0. The third-order valence-electron chi connectivity index (χ3n) is 3.25. The summed E-state index contributed by atoms with van der Waals surface area (Å²) in [5, 5.41) is 10.2. The zero-order valence-electron chi connectivity index (χ0n) is 13.2. The molecule has 7 nitrogen and oxygen atoms in total. The molecule has 2 heterocycles. The number of rotatable bonds is 7. The predicted molar refractivity (Wildman–Crippen MR) is 96.1 cm³/mol. The average Bonchev–Trinajstić information content (AvgIpc) is 2.91. The zero-order chi connectivity index (χ0) is 17.7. The fraction of sp³-hybridized carbons (Fsp3) is 0.429. The van der Waals surface area contributed by atoms with E-state index in [1.807, 2.05) is 6.92 Å². The van der Waals surface area contributed by atoms with Crippen LogP contribution in [0.1, 0.15) is 25.3 Å². The summed E-state index contributed by atoms with van der Waals surface area (Å²) in [6, 6.07) is 0. The maximum Gasteiger partial charge on any atom is 0.343 e. The number of aromatic nitrogens is 4. The number of hydrogen-bond donors (Lipinski definition) is 2. The lowest BCUT2D eigenvalue weighted by Gasteiger charge is -2.09. The summed E-state index contributed by atoms with van der Waals surface area (Å²) in [6.45, 7) is 4.35. The van der Waals surface area contributed by atoms with Crippen LogP contribution in [0, 0.1) is 6.92 Å². The highest BCUT2D eigenvalue weighted by molar-refractivity contribution is 7.99. The Kier molecular flexibility index (Phi) is 6.70. The van der Waals surface area contributed by atoms with Crippen molar-refractivity contribution < 1.29 is 4.79 Å². The van der Waals surface area contributed by atoms with Gasteiger partial charge < -0.3 is 5.32 Å². The zero-order valence-corrected chi connectivity index (χ0v) is 15.6.